The summed E-state index contributed by atoms with van der Waals surface area (Å²) in [5.41, 5.74) is 3.41. The number of hydrogen-bond acceptors (Lipinski definition) is 5. The number of anilines is 1. The van der Waals surface area contributed by atoms with Gasteiger partial charge in [0.1, 0.15) is 6.07 Å². The molecule has 1 aliphatic heterocycles. The molecular formula is C22H26N6. The molecule has 0 atom stereocenters. The number of rotatable bonds is 3. The minimum atomic E-state index is 0.0571. The summed E-state index contributed by atoms with van der Waals surface area (Å²) in [6.07, 6.45) is 5.70. The minimum absolute atomic E-state index is 0.0571. The van der Waals surface area contributed by atoms with Crippen LogP contribution in [0.25, 0.3) is 22.2 Å². The van der Waals surface area contributed by atoms with Crippen LogP contribution in [0.5, 0.6) is 0 Å². The Morgan fingerprint density at radius 1 is 1.14 bits per heavy atom. The number of benzene rings is 1. The first kappa shape index (κ1) is 18.5. The maximum atomic E-state index is 9.32. The average Bonchev–Trinajstić information content (AvgIpc) is 3.03. The summed E-state index contributed by atoms with van der Waals surface area (Å²) < 4.78 is 0. The number of hydrogen-bond donors (Lipinski definition) is 3. The van der Waals surface area contributed by atoms with Gasteiger partial charge in [-0.25, -0.2) is 9.97 Å². The maximum Gasteiger partial charge on any atom is 0.223 e. The second-order valence-corrected chi connectivity index (χ2v) is 8.95. The van der Waals surface area contributed by atoms with E-state index in [0.29, 0.717) is 17.6 Å². The number of fused-ring (bicyclic) bond motifs is 1. The Balaban J connectivity index is 1.64. The lowest BCUT2D eigenvalue weighted by Crippen LogP contribution is -2.60. The number of aromatic nitrogens is 3. The second kappa shape index (κ2) is 6.61. The Labute approximate surface area is 165 Å². The molecule has 2 aromatic heterocycles. The van der Waals surface area contributed by atoms with Crippen molar-refractivity contribution in [1.29, 1.82) is 5.26 Å². The standard InChI is InChI=1S/C22H26N6/c1-21(2)10-15(11-22(3,4)28-21)26-20-24-9-8-18(27-20)17-13-25-19-14(12-23)6-5-7-16(17)19/h5-9,13,15,25,28H,10-11H2,1-4H3,(H,24,26,27). The third-order valence-electron chi connectivity index (χ3n) is 5.29. The van der Waals surface area contributed by atoms with Gasteiger partial charge in [0.15, 0.2) is 0 Å². The van der Waals surface area contributed by atoms with Crippen LogP contribution in [0.3, 0.4) is 0 Å². The highest BCUT2D eigenvalue weighted by molar-refractivity contribution is 5.97. The van der Waals surface area contributed by atoms with Crippen LogP contribution < -0.4 is 10.6 Å². The van der Waals surface area contributed by atoms with Crippen LogP contribution in [0.4, 0.5) is 5.95 Å². The Morgan fingerprint density at radius 2 is 1.89 bits per heavy atom. The highest BCUT2D eigenvalue weighted by Crippen LogP contribution is 2.31. The van der Waals surface area contributed by atoms with E-state index in [2.05, 4.69) is 54.4 Å². The zero-order valence-electron chi connectivity index (χ0n) is 16.8. The summed E-state index contributed by atoms with van der Waals surface area (Å²) in [5, 5.41) is 17.6. The Hall–Kier alpha value is -2.91. The molecular weight excluding hydrogens is 348 g/mol. The summed E-state index contributed by atoms with van der Waals surface area (Å²) in [6, 6.07) is 10.2. The molecule has 3 N–H and O–H groups in total. The van der Waals surface area contributed by atoms with Crippen molar-refractivity contribution in [3.63, 3.8) is 0 Å². The zero-order chi connectivity index (χ0) is 19.9. The molecule has 0 unspecified atom stereocenters. The smallest absolute Gasteiger partial charge is 0.223 e. The van der Waals surface area contributed by atoms with Gasteiger partial charge in [-0.3, -0.25) is 0 Å². The molecule has 4 rings (SSSR count). The molecule has 1 aliphatic rings. The van der Waals surface area contributed by atoms with Gasteiger partial charge >= 0.3 is 0 Å². The van der Waals surface area contributed by atoms with E-state index < -0.39 is 0 Å². The predicted molar refractivity (Wildman–Crippen MR) is 112 cm³/mol. The number of nitriles is 1. The highest BCUT2D eigenvalue weighted by Gasteiger charge is 2.37. The van der Waals surface area contributed by atoms with Crippen LogP contribution in [0, 0.1) is 11.3 Å². The Bertz CT molecular complexity index is 1040. The fraction of sp³-hybridized carbons (Fsp3) is 0.409. The molecule has 0 radical (unpaired) electrons. The molecule has 3 aromatic rings. The lowest BCUT2D eigenvalue weighted by molar-refractivity contribution is 0.170. The van der Waals surface area contributed by atoms with Crippen LogP contribution in [-0.4, -0.2) is 32.1 Å². The average molecular weight is 374 g/mol. The number of piperidine rings is 1. The van der Waals surface area contributed by atoms with Crippen LogP contribution in [-0.2, 0) is 0 Å². The first-order chi connectivity index (χ1) is 13.3. The molecule has 28 heavy (non-hydrogen) atoms. The number of nitrogens with zero attached hydrogens (tertiary/aromatic N) is 3. The SMILES string of the molecule is CC1(C)CC(Nc2nccc(-c3c[nH]c4c(C#N)cccc34)n2)CC(C)(C)N1. The van der Waals surface area contributed by atoms with Gasteiger partial charge in [0.25, 0.3) is 0 Å². The van der Waals surface area contributed by atoms with Crippen LogP contribution in [0.15, 0.2) is 36.7 Å². The van der Waals surface area contributed by atoms with Crippen molar-refractivity contribution in [2.24, 2.45) is 0 Å². The van der Waals surface area contributed by atoms with E-state index in [1.54, 1.807) is 6.20 Å². The van der Waals surface area contributed by atoms with Crippen molar-refractivity contribution in [2.75, 3.05) is 5.32 Å². The first-order valence-electron chi connectivity index (χ1n) is 9.66. The molecule has 0 aliphatic carbocycles. The number of aromatic amines is 1. The van der Waals surface area contributed by atoms with Crippen molar-refractivity contribution in [1.82, 2.24) is 20.3 Å². The van der Waals surface area contributed by atoms with E-state index in [-0.39, 0.29) is 11.1 Å². The number of nitrogens with one attached hydrogen (secondary N) is 3. The van der Waals surface area contributed by atoms with E-state index >= 15 is 0 Å². The van der Waals surface area contributed by atoms with Gasteiger partial charge in [0.05, 0.1) is 16.8 Å². The third kappa shape index (κ3) is 3.58. The van der Waals surface area contributed by atoms with E-state index in [1.807, 2.05) is 30.5 Å². The lowest BCUT2D eigenvalue weighted by atomic mass is 9.80. The van der Waals surface area contributed by atoms with Crippen molar-refractivity contribution >= 4 is 16.9 Å². The third-order valence-corrected chi connectivity index (χ3v) is 5.29. The normalized spacial score (nSPS) is 18.7. The van der Waals surface area contributed by atoms with Gasteiger partial charge in [-0.1, -0.05) is 12.1 Å². The van der Waals surface area contributed by atoms with Gasteiger partial charge in [0.2, 0.25) is 5.95 Å². The zero-order valence-corrected chi connectivity index (χ0v) is 16.8. The van der Waals surface area contributed by atoms with Gasteiger partial charge in [0, 0.05) is 40.5 Å². The molecule has 3 heterocycles. The van der Waals surface area contributed by atoms with Crippen LogP contribution in [0.1, 0.15) is 46.1 Å². The van der Waals surface area contributed by atoms with Crippen molar-refractivity contribution in [3.8, 4) is 17.3 Å². The summed E-state index contributed by atoms with van der Waals surface area (Å²) in [6.45, 7) is 8.94. The molecule has 1 saturated heterocycles. The summed E-state index contributed by atoms with van der Waals surface area (Å²) >= 11 is 0. The molecule has 6 nitrogen and oxygen atoms in total. The lowest BCUT2D eigenvalue weighted by Gasteiger charge is -2.46. The molecule has 0 amide bonds. The largest absolute Gasteiger partial charge is 0.359 e. The highest BCUT2D eigenvalue weighted by atomic mass is 15.1. The van der Waals surface area contributed by atoms with Gasteiger partial charge in [-0.05, 0) is 52.7 Å². The quantitative estimate of drug-likeness (QED) is 0.639. The fourth-order valence-corrected chi connectivity index (χ4v) is 4.64. The summed E-state index contributed by atoms with van der Waals surface area (Å²) in [7, 11) is 0. The van der Waals surface area contributed by atoms with E-state index in [1.165, 1.54) is 0 Å². The molecule has 0 spiro atoms. The van der Waals surface area contributed by atoms with Crippen molar-refractivity contribution in [2.45, 2.75) is 57.7 Å². The number of para-hydroxylation sites is 1. The minimum Gasteiger partial charge on any atom is -0.359 e. The maximum absolute atomic E-state index is 9.32. The number of H-pyrrole nitrogens is 1. The monoisotopic (exact) mass is 374 g/mol. The second-order valence-electron chi connectivity index (χ2n) is 8.95. The first-order valence-corrected chi connectivity index (χ1v) is 9.66. The fourth-order valence-electron chi connectivity index (χ4n) is 4.64. The molecule has 144 valence electrons. The topological polar surface area (TPSA) is 89.4 Å². The molecule has 6 heteroatoms. The van der Waals surface area contributed by atoms with Crippen LogP contribution in [0.2, 0.25) is 0 Å². The summed E-state index contributed by atoms with van der Waals surface area (Å²) in [5.74, 6) is 0.641. The van der Waals surface area contributed by atoms with E-state index in [0.717, 1.165) is 35.0 Å². The summed E-state index contributed by atoms with van der Waals surface area (Å²) in [4.78, 5) is 12.4. The molecule has 1 aromatic carbocycles. The molecule has 1 fully saturated rings. The van der Waals surface area contributed by atoms with E-state index in [4.69, 9.17) is 4.98 Å². The van der Waals surface area contributed by atoms with Crippen molar-refractivity contribution in [3.05, 3.63) is 42.2 Å². The van der Waals surface area contributed by atoms with Gasteiger partial charge < -0.3 is 15.6 Å². The van der Waals surface area contributed by atoms with Gasteiger partial charge in [-0.15, -0.1) is 0 Å². The molecule has 0 bridgehead atoms. The van der Waals surface area contributed by atoms with Crippen LogP contribution >= 0.6 is 0 Å². The van der Waals surface area contributed by atoms with Gasteiger partial charge in [-0.2, -0.15) is 5.26 Å². The van der Waals surface area contributed by atoms with Crippen molar-refractivity contribution < 1.29 is 0 Å². The van der Waals surface area contributed by atoms with E-state index in [9.17, 15) is 5.26 Å². The Kier molecular flexibility index (Phi) is 4.35. The Morgan fingerprint density at radius 3 is 2.61 bits per heavy atom. The predicted octanol–water partition coefficient (Wildman–Crippen LogP) is 4.22. The molecule has 0 saturated carbocycles.